The number of pyridine rings is 1. The summed E-state index contributed by atoms with van der Waals surface area (Å²) in [5.74, 6) is 0.299. The van der Waals surface area contributed by atoms with E-state index in [4.69, 9.17) is 5.73 Å². The molecule has 1 aliphatic carbocycles. The van der Waals surface area contributed by atoms with Gasteiger partial charge in [0.1, 0.15) is 5.82 Å². The number of nitrogens with zero attached hydrogens (tertiary/aromatic N) is 2. The molecule has 2 N–H and O–H groups in total. The lowest BCUT2D eigenvalue weighted by molar-refractivity contribution is 0.0753. The quantitative estimate of drug-likeness (QED) is 0.900. The highest BCUT2D eigenvalue weighted by Crippen LogP contribution is 2.32. The molecule has 0 radical (unpaired) electrons. The Kier molecular flexibility index (Phi) is 5.49. The molecule has 3 unspecified atom stereocenters. The number of halogens is 1. The highest BCUT2D eigenvalue weighted by Gasteiger charge is 2.31. The van der Waals surface area contributed by atoms with Crippen molar-refractivity contribution in [3.05, 3.63) is 29.8 Å². The molecule has 0 bridgehead atoms. The molecule has 3 nitrogen and oxygen atoms in total. The zero-order valence-electron chi connectivity index (χ0n) is 12.6. The third-order valence-corrected chi connectivity index (χ3v) is 4.64. The molecule has 0 amide bonds. The van der Waals surface area contributed by atoms with Crippen molar-refractivity contribution in [3.63, 3.8) is 0 Å². The van der Waals surface area contributed by atoms with E-state index in [0.717, 1.165) is 18.8 Å². The van der Waals surface area contributed by atoms with Crippen LogP contribution in [0.1, 0.15) is 51.3 Å². The number of nitrogens with two attached hydrogens (primary N) is 1. The van der Waals surface area contributed by atoms with Gasteiger partial charge < -0.3 is 5.73 Å². The Morgan fingerprint density at radius 1 is 1.40 bits per heavy atom. The Morgan fingerprint density at radius 3 is 2.75 bits per heavy atom. The number of hydrogen-bond donors (Lipinski definition) is 1. The van der Waals surface area contributed by atoms with Crippen LogP contribution in [0.3, 0.4) is 0 Å². The summed E-state index contributed by atoms with van der Waals surface area (Å²) in [6.45, 7) is 6.07. The normalized spacial score (nSPS) is 24.9. The fourth-order valence-electron chi connectivity index (χ4n) is 3.50. The van der Waals surface area contributed by atoms with Crippen molar-refractivity contribution < 1.29 is 4.39 Å². The van der Waals surface area contributed by atoms with Crippen LogP contribution in [0.5, 0.6) is 0 Å². The Morgan fingerprint density at radius 2 is 2.15 bits per heavy atom. The maximum Gasteiger partial charge on any atom is 0.141 e. The van der Waals surface area contributed by atoms with Crippen molar-refractivity contribution in [2.24, 2.45) is 11.7 Å². The molecule has 112 valence electrons. The molecule has 1 fully saturated rings. The van der Waals surface area contributed by atoms with Crippen LogP contribution in [-0.2, 0) is 0 Å². The van der Waals surface area contributed by atoms with Crippen LogP contribution in [0.15, 0.2) is 18.3 Å². The van der Waals surface area contributed by atoms with Gasteiger partial charge in [0.2, 0.25) is 0 Å². The second-order valence-electron chi connectivity index (χ2n) is 5.76. The van der Waals surface area contributed by atoms with Crippen molar-refractivity contribution in [2.75, 3.05) is 13.1 Å². The van der Waals surface area contributed by atoms with Crippen molar-refractivity contribution in [1.29, 1.82) is 0 Å². The Hall–Kier alpha value is -1.00. The SMILES string of the molecule is CCN(C(C)c1ccc(F)cn1)C1CCCCC1CN. The molecular weight excluding hydrogens is 253 g/mol. The predicted molar refractivity (Wildman–Crippen MR) is 79.8 cm³/mol. The molecule has 4 heteroatoms. The first-order valence-corrected chi connectivity index (χ1v) is 7.74. The highest BCUT2D eigenvalue weighted by molar-refractivity contribution is 5.10. The van der Waals surface area contributed by atoms with E-state index in [2.05, 4.69) is 23.7 Å². The van der Waals surface area contributed by atoms with Crippen molar-refractivity contribution in [2.45, 2.75) is 51.6 Å². The van der Waals surface area contributed by atoms with Crippen LogP contribution in [-0.4, -0.2) is 29.0 Å². The zero-order valence-corrected chi connectivity index (χ0v) is 12.6. The minimum absolute atomic E-state index is 0.206. The highest BCUT2D eigenvalue weighted by atomic mass is 19.1. The van der Waals surface area contributed by atoms with Gasteiger partial charge in [-0.1, -0.05) is 19.8 Å². The van der Waals surface area contributed by atoms with Gasteiger partial charge in [-0.3, -0.25) is 9.88 Å². The molecule has 20 heavy (non-hydrogen) atoms. The maximum atomic E-state index is 13.0. The first-order chi connectivity index (χ1) is 9.67. The van der Waals surface area contributed by atoms with Crippen LogP contribution in [0.25, 0.3) is 0 Å². The Labute approximate surface area is 121 Å². The van der Waals surface area contributed by atoms with E-state index in [0.29, 0.717) is 12.0 Å². The maximum absolute atomic E-state index is 13.0. The second kappa shape index (κ2) is 7.14. The van der Waals surface area contributed by atoms with Gasteiger partial charge in [-0.2, -0.15) is 0 Å². The Balaban J connectivity index is 2.15. The van der Waals surface area contributed by atoms with Gasteiger partial charge in [0.25, 0.3) is 0 Å². The average molecular weight is 279 g/mol. The largest absolute Gasteiger partial charge is 0.330 e. The van der Waals surface area contributed by atoms with E-state index < -0.39 is 0 Å². The molecule has 0 aliphatic heterocycles. The van der Waals surface area contributed by atoms with Gasteiger partial charge in [-0.15, -0.1) is 0 Å². The first-order valence-electron chi connectivity index (χ1n) is 7.74. The molecule has 0 spiro atoms. The summed E-state index contributed by atoms with van der Waals surface area (Å²) in [5.41, 5.74) is 6.89. The van der Waals surface area contributed by atoms with Crippen molar-refractivity contribution in [3.8, 4) is 0 Å². The fourth-order valence-corrected chi connectivity index (χ4v) is 3.50. The van der Waals surface area contributed by atoms with Crippen LogP contribution >= 0.6 is 0 Å². The molecule has 1 heterocycles. The minimum atomic E-state index is -0.276. The zero-order chi connectivity index (χ0) is 14.5. The molecule has 3 atom stereocenters. The molecule has 1 saturated carbocycles. The summed E-state index contributed by atoms with van der Waals surface area (Å²) in [7, 11) is 0. The summed E-state index contributed by atoms with van der Waals surface area (Å²) < 4.78 is 13.0. The van der Waals surface area contributed by atoms with Crippen LogP contribution in [0.4, 0.5) is 4.39 Å². The first kappa shape index (κ1) is 15.4. The van der Waals surface area contributed by atoms with E-state index in [1.807, 2.05) is 0 Å². The van der Waals surface area contributed by atoms with E-state index in [1.54, 1.807) is 6.07 Å². The summed E-state index contributed by atoms with van der Waals surface area (Å²) in [6, 6.07) is 4.02. The van der Waals surface area contributed by atoms with Crippen molar-refractivity contribution >= 4 is 0 Å². The molecule has 1 aromatic heterocycles. The lowest BCUT2D eigenvalue weighted by Gasteiger charge is -2.42. The molecule has 1 aromatic rings. The molecule has 2 rings (SSSR count). The van der Waals surface area contributed by atoms with Gasteiger partial charge in [0, 0.05) is 12.1 Å². The topological polar surface area (TPSA) is 42.2 Å². The van der Waals surface area contributed by atoms with Gasteiger partial charge in [-0.25, -0.2) is 4.39 Å². The van der Waals surface area contributed by atoms with Crippen molar-refractivity contribution in [1.82, 2.24) is 9.88 Å². The standard InChI is InChI=1S/C16H26FN3/c1-3-20(16-7-5-4-6-13(16)10-18)12(2)15-9-8-14(17)11-19-15/h8-9,11-13,16H,3-7,10,18H2,1-2H3. The summed E-state index contributed by atoms with van der Waals surface area (Å²) in [5, 5.41) is 0. The smallest absolute Gasteiger partial charge is 0.141 e. The van der Waals surface area contributed by atoms with Gasteiger partial charge >= 0.3 is 0 Å². The molecule has 1 aliphatic rings. The molecular formula is C16H26FN3. The van der Waals surface area contributed by atoms with E-state index in [9.17, 15) is 4.39 Å². The van der Waals surface area contributed by atoms with Gasteiger partial charge in [-0.05, 0) is 50.9 Å². The molecule has 0 aromatic carbocycles. The third kappa shape index (κ3) is 3.36. The number of hydrogen-bond acceptors (Lipinski definition) is 3. The lowest BCUT2D eigenvalue weighted by atomic mass is 9.83. The number of rotatable bonds is 5. The fraction of sp³-hybridized carbons (Fsp3) is 0.688. The minimum Gasteiger partial charge on any atom is -0.330 e. The van der Waals surface area contributed by atoms with Crippen LogP contribution < -0.4 is 5.73 Å². The second-order valence-corrected chi connectivity index (χ2v) is 5.76. The molecule has 0 saturated heterocycles. The monoisotopic (exact) mass is 279 g/mol. The number of aromatic nitrogens is 1. The van der Waals surface area contributed by atoms with Gasteiger partial charge in [0.15, 0.2) is 0 Å². The summed E-state index contributed by atoms with van der Waals surface area (Å²) in [6.07, 6.45) is 6.31. The van der Waals surface area contributed by atoms with E-state index >= 15 is 0 Å². The van der Waals surface area contributed by atoms with E-state index in [-0.39, 0.29) is 11.9 Å². The Bertz CT molecular complexity index is 407. The van der Waals surface area contributed by atoms with Gasteiger partial charge in [0.05, 0.1) is 11.9 Å². The average Bonchev–Trinajstić information content (AvgIpc) is 2.49. The summed E-state index contributed by atoms with van der Waals surface area (Å²) >= 11 is 0. The van der Waals surface area contributed by atoms with Crippen LogP contribution in [0, 0.1) is 11.7 Å². The van der Waals surface area contributed by atoms with E-state index in [1.165, 1.54) is 37.9 Å². The predicted octanol–water partition coefficient (Wildman–Crippen LogP) is 3.12. The lowest BCUT2D eigenvalue weighted by Crippen LogP contribution is -2.46. The third-order valence-electron chi connectivity index (χ3n) is 4.64. The van der Waals surface area contributed by atoms with Crippen LogP contribution in [0.2, 0.25) is 0 Å². The summed E-state index contributed by atoms with van der Waals surface area (Å²) in [4.78, 5) is 6.73.